The van der Waals surface area contributed by atoms with Gasteiger partial charge in [-0.05, 0) is 39.2 Å². The van der Waals surface area contributed by atoms with E-state index < -0.39 is 0 Å². The predicted octanol–water partition coefficient (Wildman–Crippen LogP) is 1.14. The molecule has 16 heavy (non-hydrogen) atoms. The molecule has 1 aliphatic carbocycles. The first kappa shape index (κ1) is 13.5. The van der Waals surface area contributed by atoms with Gasteiger partial charge in [-0.2, -0.15) is 0 Å². The standard InChI is InChI=1S/C12H24N2O2/c1-3-14(9-12(15)16-4-2)11-7-5-10(13)6-8-11/h10-11H,3-9,13H2,1-2H3. The molecule has 0 spiro atoms. The first-order valence-corrected chi connectivity index (χ1v) is 6.32. The lowest BCUT2D eigenvalue weighted by molar-refractivity contribution is -0.145. The highest BCUT2D eigenvalue weighted by molar-refractivity contribution is 5.71. The molecule has 0 aliphatic heterocycles. The van der Waals surface area contributed by atoms with Crippen LogP contribution in [0.15, 0.2) is 0 Å². The average Bonchev–Trinajstić information content (AvgIpc) is 2.27. The van der Waals surface area contributed by atoms with Crippen LogP contribution in [-0.4, -0.2) is 42.6 Å². The van der Waals surface area contributed by atoms with Gasteiger partial charge in [-0.15, -0.1) is 0 Å². The van der Waals surface area contributed by atoms with Gasteiger partial charge < -0.3 is 10.5 Å². The normalized spacial score (nSPS) is 25.8. The van der Waals surface area contributed by atoms with Crippen molar-refractivity contribution in [2.24, 2.45) is 5.73 Å². The Hall–Kier alpha value is -0.610. The Kier molecular flexibility index (Phi) is 5.77. The Labute approximate surface area is 98.1 Å². The van der Waals surface area contributed by atoms with Gasteiger partial charge in [0.2, 0.25) is 0 Å². The molecule has 4 heteroatoms. The number of likely N-dealkylation sites (N-methyl/N-ethyl adjacent to an activating group) is 1. The second kappa shape index (κ2) is 6.86. The molecule has 0 heterocycles. The van der Waals surface area contributed by atoms with Crippen LogP contribution in [0.4, 0.5) is 0 Å². The number of carbonyl (C=O) groups excluding carboxylic acids is 1. The average molecular weight is 228 g/mol. The van der Waals surface area contributed by atoms with Crippen LogP contribution in [-0.2, 0) is 9.53 Å². The first-order chi connectivity index (χ1) is 7.67. The second-order valence-corrected chi connectivity index (χ2v) is 4.44. The van der Waals surface area contributed by atoms with E-state index in [0.717, 1.165) is 32.2 Å². The van der Waals surface area contributed by atoms with Crippen molar-refractivity contribution in [1.29, 1.82) is 0 Å². The number of nitrogens with zero attached hydrogens (tertiary/aromatic N) is 1. The molecule has 0 amide bonds. The predicted molar refractivity (Wildman–Crippen MR) is 64.1 cm³/mol. The van der Waals surface area contributed by atoms with E-state index in [1.54, 1.807) is 0 Å². The van der Waals surface area contributed by atoms with E-state index >= 15 is 0 Å². The van der Waals surface area contributed by atoms with Crippen molar-refractivity contribution in [1.82, 2.24) is 4.90 Å². The molecular weight excluding hydrogens is 204 g/mol. The number of hydrogen-bond acceptors (Lipinski definition) is 4. The summed E-state index contributed by atoms with van der Waals surface area (Å²) in [6, 6.07) is 0.867. The maximum absolute atomic E-state index is 11.4. The maximum Gasteiger partial charge on any atom is 0.320 e. The summed E-state index contributed by atoms with van der Waals surface area (Å²) in [7, 11) is 0. The fourth-order valence-corrected chi connectivity index (χ4v) is 2.34. The van der Waals surface area contributed by atoms with Crippen molar-refractivity contribution in [2.45, 2.75) is 51.6 Å². The molecular formula is C12H24N2O2. The lowest BCUT2D eigenvalue weighted by Gasteiger charge is -2.34. The number of carbonyl (C=O) groups is 1. The fraction of sp³-hybridized carbons (Fsp3) is 0.917. The van der Waals surface area contributed by atoms with E-state index in [1.165, 1.54) is 0 Å². The second-order valence-electron chi connectivity index (χ2n) is 4.44. The van der Waals surface area contributed by atoms with Gasteiger partial charge in [0.1, 0.15) is 0 Å². The maximum atomic E-state index is 11.4. The summed E-state index contributed by atoms with van der Waals surface area (Å²) in [5, 5.41) is 0. The molecule has 4 nitrogen and oxygen atoms in total. The van der Waals surface area contributed by atoms with Crippen molar-refractivity contribution in [3.63, 3.8) is 0 Å². The fourth-order valence-electron chi connectivity index (χ4n) is 2.34. The molecule has 2 N–H and O–H groups in total. The van der Waals surface area contributed by atoms with Gasteiger partial charge in [-0.3, -0.25) is 9.69 Å². The van der Waals surface area contributed by atoms with Crippen molar-refractivity contribution >= 4 is 5.97 Å². The topological polar surface area (TPSA) is 55.6 Å². The van der Waals surface area contributed by atoms with Gasteiger partial charge in [-0.1, -0.05) is 6.92 Å². The molecule has 1 rings (SSSR count). The molecule has 0 saturated heterocycles. The Balaban J connectivity index is 2.38. The molecule has 94 valence electrons. The van der Waals surface area contributed by atoms with E-state index in [-0.39, 0.29) is 5.97 Å². The zero-order valence-electron chi connectivity index (χ0n) is 10.4. The quantitative estimate of drug-likeness (QED) is 0.717. The number of rotatable bonds is 5. The molecule has 0 aromatic carbocycles. The van der Waals surface area contributed by atoms with Crippen molar-refractivity contribution in [3.05, 3.63) is 0 Å². The van der Waals surface area contributed by atoms with Gasteiger partial charge in [-0.25, -0.2) is 0 Å². The van der Waals surface area contributed by atoms with Crippen LogP contribution >= 0.6 is 0 Å². The third-order valence-electron chi connectivity index (χ3n) is 3.30. The minimum Gasteiger partial charge on any atom is -0.465 e. The van der Waals surface area contributed by atoms with Gasteiger partial charge >= 0.3 is 5.97 Å². The minimum absolute atomic E-state index is 0.112. The van der Waals surface area contributed by atoms with Gasteiger partial charge in [0.25, 0.3) is 0 Å². The van der Waals surface area contributed by atoms with Crippen molar-refractivity contribution < 1.29 is 9.53 Å². The molecule has 0 bridgehead atoms. The minimum atomic E-state index is -0.112. The molecule has 0 radical (unpaired) electrons. The molecule has 0 aromatic heterocycles. The van der Waals surface area contributed by atoms with E-state index in [2.05, 4.69) is 11.8 Å². The number of ether oxygens (including phenoxy) is 1. The van der Waals surface area contributed by atoms with E-state index in [9.17, 15) is 4.79 Å². The van der Waals surface area contributed by atoms with Crippen LogP contribution in [0.1, 0.15) is 39.5 Å². The molecule has 0 aromatic rings. The van der Waals surface area contributed by atoms with Crippen LogP contribution in [0.5, 0.6) is 0 Å². The number of esters is 1. The summed E-state index contributed by atoms with van der Waals surface area (Å²) < 4.78 is 4.98. The SMILES string of the molecule is CCOC(=O)CN(CC)C1CCC(N)CC1. The molecule has 0 atom stereocenters. The smallest absolute Gasteiger partial charge is 0.320 e. The largest absolute Gasteiger partial charge is 0.465 e. The molecule has 0 unspecified atom stereocenters. The zero-order valence-corrected chi connectivity index (χ0v) is 10.4. The summed E-state index contributed by atoms with van der Waals surface area (Å²) in [6.07, 6.45) is 4.36. The highest BCUT2D eigenvalue weighted by atomic mass is 16.5. The highest BCUT2D eigenvalue weighted by Crippen LogP contribution is 2.21. The molecule has 1 saturated carbocycles. The van der Waals surface area contributed by atoms with E-state index in [4.69, 9.17) is 10.5 Å². The van der Waals surface area contributed by atoms with Gasteiger partial charge in [0.15, 0.2) is 0 Å². The van der Waals surface area contributed by atoms with Crippen LogP contribution in [0, 0.1) is 0 Å². The molecule has 1 fully saturated rings. The summed E-state index contributed by atoms with van der Waals surface area (Å²) >= 11 is 0. The lowest BCUT2D eigenvalue weighted by atomic mass is 9.91. The Morgan fingerprint density at radius 2 is 1.94 bits per heavy atom. The lowest BCUT2D eigenvalue weighted by Crippen LogP contribution is -2.43. The summed E-state index contributed by atoms with van der Waals surface area (Å²) in [5.41, 5.74) is 5.88. The van der Waals surface area contributed by atoms with Crippen LogP contribution in [0.3, 0.4) is 0 Å². The van der Waals surface area contributed by atoms with Crippen molar-refractivity contribution in [3.8, 4) is 0 Å². The van der Waals surface area contributed by atoms with Gasteiger partial charge in [0, 0.05) is 12.1 Å². The monoisotopic (exact) mass is 228 g/mol. The van der Waals surface area contributed by atoms with Crippen LogP contribution in [0.25, 0.3) is 0 Å². The third kappa shape index (κ3) is 4.10. The highest BCUT2D eigenvalue weighted by Gasteiger charge is 2.24. The summed E-state index contributed by atoms with van der Waals surface area (Å²) in [5.74, 6) is -0.112. The Bertz CT molecular complexity index is 213. The number of hydrogen-bond donors (Lipinski definition) is 1. The zero-order chi connectivity index (χ0) is 12.0. The third-order valence-corrected chi connectivity index (χ3v) is 3.30. The van der Waals surface area contributed by atoms with Gasteiger partial charge in [0.05, 0.1) is 13.2 Å². The summed E-state index contributed by atoms with van der Waals surface area (Å²) in [6.45, 7) is 5.72. The Morgan fingerprint density at radius 1 is 1.31 bits per heavy atom. The molecule has 1 aliphatic rings. The Morgan fingerprint density at radius 3 is 2.44 bits per heavy atom. The van der Waals surface area contributed by atoms with E-state index in [0.29, 0.717) is 25.2 Å². The van der Waals surface area contributed by atoms with E-state index in [1.807, 2.05) is 6.92 Å². The van der Waals surface area contributed by atoms with Crippen LogP contribution in [0.2, 0.25) is 0 Å². The summed E-state index contributed by atoms with van der Waals surface area (Å²) in [4.78, 5) is 13.6. The number of nitrogens with two attached hydrogens (primary N) is 1. The first-order valence-electron chi connectivity index (χ1n) is 6.32. The van der Waals surface area contributed by atoms with Crippen LogP contribution < -0.4 is 5.73 Å². The van der Waals surface area contributed by atoms with Crippen molar-refractivity contribution in [2.75, 3.05) is 19.7 Å².